The number of benzene rings is 2. The molecule has 0 aliphatic carbocycles. The Hall–Kier alpha value is -2.94. The summed E-state index contributed by atoms with van der Waals surface area (Å²) in [4.78, 5) is 16.4. The van der Waals surface area contributed by atoms with Crippen LogP contribution in [-0.2, 0) is 4.79 Å². The van der Waals surface area contributed by atoms with E-state index in [-0.39, 0.29) is 5.91 Å². The van der Waals surface area contributed by atoms with E-state index < -0.39 is 0 Å². The van der Waals surface area contributed by atoms with Crippen molar-refractivity contribution in [3.8, 4) is 0 Å². The molecule has 0 bridgehead atoms. The molecule has 1 aromatic heterocycles. The summed E-state index contributed by atoms with van der Waals surface area (Å²) in [5, 5.41) is 3.86. The van der Waals surface area contributed by atoms with E-state index in [1.54, 1.807) is 12.3 Å². The first kappa shape index (κ1) is 14.0. The first-order chi connectivity index (χ1) is 10.7. The Balaban J connectivity index is 1.82. The van der Waals surface area contributed by atoms with Gasteiger partial charge >= 0.3 is 0 Å². The van der Waals surface area contributed by atoms with Crippen LogP contribution in [0.3, 0.4) is 0 Å². The van der Waals surface area contributed by atoms with Crippen LogP contribution in [0.2, 0.25) is 0 Å². The second-order valence-corrected chi connectivity index (χ2v) is 5.11. The molecule has 3 aromatic rings. The summed E-state index contributed by atoms with van der Waals surface area (Å²) in [7, 11) is 0. The summed E-state index contributed by atoms with van der Waals surface area (Å²) < 4.78 is 0. The van der Waals surface area contributed by atoms with E-state index in [4.69, 9.17) is 0 Å². The minimum absolute atomic E-state index is 0.155. The van der Waals surface area contributed by atoms with Gasteiger partial charge in [0, 0.05) is 17.7 Å². The predicted molar refractivity (Wildman–Crippen MR) is 90.6 cm³/mol. The zero-order valence-electron chi connectivity index (χ0n) is 12.3. The number of aromatic nitrogens is 1. The Labute approximate surface area is 129 Å². The molecule has 0 atom stereocenters. The van der Waals surface area contributed by atoms with Crippen molar-refractivity contribution in [2.24, 2.45) is 0 Å². The molecule has 1 amide bonds. The van der Waals surface area contributed by atoms with Crippen molar-refractivity contribution in [1.29, 1.82) is 0 Å². The average Bonchev–Trinajstić information content (AvgIpc) is 2.54. The summed E-state index contributed by atoms with van der Waals surface area (Å²) in [5.74, 6) is -0.155. The van der Waals surface area contributed by atoms with Gasteiger partial charge in [0.15, 0.2) is 0 Å². The minimum Gasteiger partial charge on any atom is -0.322 e. The molecular weight excluding hydrogens is 272 g/mol. The zero-order valence-corrected chi connectivity index (χ0v) is 12.3. The Morgan fingerprint density at radius 1 is 1.09 bits per heavy atom. The first-order valence-electron chi connectivity index (χ1n) is 7.12. The summed E-state index contributed by atoms with van der Waals surface area (Å²) in [6.07, 6.45) is 5.04. The van der Waals surface area contributed by atoms with Crippen LogP contribution in [0.1, 0.15) is 11.1 Å². The van der Waals surface area contributed by atoms with E-state index in [2.05, 4.69) is 10.3 Å². The smallest absolute Gasteiger partial charge is 0.248 e. The second-order valence-electron chi connectivity index (χ2n) is 5.11. The number of aryl methyl sites for hydroxylation is 1. The Morgan fingerprint density at radius 3 is 2.73 bits per heavy atom. The van der Waals surface area contributed by atoms with Crippen LogP contribution in [-0.4, -0.2) is 10.9 Å². The van der Waals surface area contributed by atoms with Gasteiger partial charge in [0.05, 0.1) is 11.2 Å². The summed E-state index contributed by atoms with van der Waals surface area (Å²) >= 11 is 0. The van der Waals surface area contributed by atoms with Crippen LogP contribution in [0.5, 0.6) is 0 Å². The molecule has 0 aliphatic heterocycles. The van der Waals surface area contributed by atoms with Gasteiger partial charge in [-0.1, -0.05) is 42.0 Å². The van der Waals surface area contributed by atoms with Crippen molar-refractivity contribution >= 4 is 28.6 Å². The Kier molecular flexibility index (Phi) is 3.97. The summed E-state index contributed by atoms with van der Waals surface area (Å²) in [6.45, 7) is 2.02. The standard InChI is InChI=1S/C19H16N2O/c1-14-7-9-17-16(13-14)18(11-12-20-17)21-19(22)10-8-15-5-3-2-4-6-15/h2-13H,1H3,(H,20,21,22)/b10-8+. The average molecular weight is 288 g/mol. The quantitative estimate of drug-likeness (QED) is 0.734. The number of fused-ring (bicyclic) bond motifs is 1. The molecule has 0 fully saturated rings. The zero-order chi connectivity index (χ0) is 15.4. The first-order valence-corrected chi connectivity index (χ1v) is 7.12. The number of nitrogens with one attached hydrogen (secondary N) is 1. The van der Waals surface area contributed by atoms with Crippen molar-refractivity contribution < 1.29 is 4.79 Å². The SMILES string of the molecule is Cc1ccc2nccc(NC(=O)/C=C/c3ccccc3)c2c1. The predicted octanol–water partition coefficient (Wildman–Crippen LogP) is 4.20. The van der Waals surface area contributed by atoms with Crippen molar-refractivity contribution in [2.45, 2.75) is 6.92 Å². The van der Waals surface area contributed by atoms with Crippen LogP contribution in [0.25, 0.3) is 17.0 Å². The molecule has 0 aliphatic rings. The lowest BCUT2D eigenvalue weighted by Crippen LogP contribution is -2.08. The molecule has 0 saturated carbocycles. The lowest BCUT2D eigenvalue weighted by molar-refractivity contribution is -0.111. The molecule has 0 spiro atoms. The Bertz CT molecular complexity index is 838. The number of rotatable bonds is 3. The van der Waals surface area contributed by atoms with Gasteiger partial charge in [0.25, 0.3) is 0 Å². The third kappa shape index (κ3) is 3.20. The maximum absolute atomic E-state index is 12.1. The molecule has 3 rings (SSSR count). The van der Waals surface area contributed by atoms with E-state index >= 15 is 0 Å². The molecule has 0 unspecified atom stereocenters. The molecule has 0 radical (unpaired) electrons. The molecule has 22 heavy (non-hydrogen) atoms. The number of anilines is 1. The van der Waals surface area contributed by atoms with Gasteiger partial charge in [-0.15, -0.1) is 0 Å². The van der Waals surface area contributed by atoms with Gasteiger partial charge in [0.1, 0.15) is 0 Å². The normalized spacial score (nSPS) is 11.0. The fourth-order valence-electron chi connectivity index (χ4n) is 2.28. The van der Waals surface area contributed by atoms with E-state index in [1.165, 1.54) is 6.08 Å². The van der Waals surface area contributed by atoms with Crippen LogP contribution in [0.4, 0.5) is 5.69 Å². The molecule has 1 heterocycles. The topological polar surface area (TPSA) is 42.0 Å². The van der Waals surface area contributed by atoms with E-state index in [0.717, 1.165) is 27.7 Å². The van der Waals surface area contributed by atoms with E-state index in [9.17, 15) is 4.79 Å². The molecule has 3 nitrogen and oxygen atoms in total. The monoisotopic (exact) mass is 288 g/mol. The van der Waals surface area contributed by atoms with Crippen LogP contribution < -0.4 is 5.32 Å². The molecule has 108 valence electrons. The lowest BCUT2D eigenvalue weighted by Gasteiger charge is -2.07. The third-order valence-corrected chi connectivity index (χ3v) is 3.38. The van der Waals surface area contributed by atoms with Crippen molar-refractivity contribution in [3.63, 3.8) is 0 Å². The van der Waals surface area contributed by atoms with Crippen molar-refractivity contribution in [2.75, 3.05) is 5.32 Å². The fraction of sp³-hybridized carbons (Fsp3) is 0.0526. The largest absolute Gasteiger partial charge is 0.322 e. The van der Waals surface area contributed by atoms with Gasteiger partial charge < -0.3 is 5.32 Å². The number of hydrogen-bond acceptors (Lipinski definition) is 2. The number of hydrogen-bond donors (Lipinski definition) is 1. The highest BCUT2D eigenvalue weighted by Crippen LogP contribution is 2.22. The lowest BCUT2D eigenvalue weighted by atomic mass is 10.1. The third-order valence-electron chi connectivity index (χ3n) is 3.38. The van der Waals surface area contributed by atoms with Crippen LogP contribution >= 0.6 is 0 Å². The number of nitrogens with zero attached hydrogens (tertiary/aromatic N) is 1. The van der Waals surface area contributed by atoms with E-state index in [1.807, 2.05) is 61.5 Å². The number of carbonyl (C=O) groups excluding carboxylic acids is 1. The number of amides is 1. The highest BCUT2D eigenvalue weighted by atomic mass is 16.1. The molecule has 2 aromatic carbocycles. The highest BCUT2D eigenvalue weighted by Gasteiger charge is 2.04. The second kappa shape index (κ2) is 6.22. The number of pyridine rings is 1. The van der Waals surface area contributed by atoms with Crippen LogP contribution in [0.15, 0.2) is 66.9 Å². The Morgan fingerprint density at radius 2 is 1.91 bits per heavy atom. The van der Waals surface area contributed by atoms with E-state index in [0.29, 0.717) is 0 Å². The molecule has 0 saturated heterocycles. The van der Waals surface area contributed by atoms with Crippen molar-refractivity contribution in [1.82, 2.24) is 4.98 Å². The summed E-state index contributed by atoms with van der Waals surface area (Å²) in [5.41, 5.74) is 3.77. The fourth-order valence-corrected chi connectivity index (χ4v) is 2.28. The number of carbonyl (C=O) groups is 1. The molecule has 3 heteroatoms. The maximum Gasteiger partial charge on any atom is 0.248 e. The van der Waals surface area contributed by atoms with Gasteiger partial charge in [0.2, 0.25) is 5.91 Å². The van der Waals surface area contributed by atoms with Gasteiger partial charge in [-0.05, 0) is 36.8 Å². The highest BCUT2D eigenvalue weighted by molar-refractivity contribution is 6.06. The van der Waals surface area contributed by atoms with Gasteiger partial charge in [-0.25, -0.2) is 0 Å². The van der Waals surface area contributed by atoms with Crippen molar-refractivity contribution in [3.05, 3.63) is 78.0 Å². The summed E-state index contributed by atoms with van der Waals surface area (Å²) in [6, 6.07) is 17.5. The molecule has 1 N–H and O–H groups in total. The van der Waals surface area contributed by atoms with Gasteiger partial charge in [-0.3, -0.25) is 9.78 Å². The molecular formula is C19H16N2O. The maximum atomic E-state index is 12.1. The van der Waals surface area contributed by atoms with Gasteiger partial charge in [-0.2, -0.15) is 0 Å². The minimum atomic E-state index is -0.155. The van der Waals surface area contributed by atoms with Crippen LogP contribution in [0, 0.1) is 6.92 Å².